The van der Waals surface area contributed by atoms with Gasteiger partial charge in [-0.2, -0.15) is 0 Å². The van der Waals surface area contributed by atoms with Gasteiger partial charge < -0.3 is 5.73 Å². The normalized spacial score (nSPS) is 24.2. The molecule has 1 aromatic rings. The molecule has 0 saturated carbocycles. The third-order valence-corrected chi connectivity index (χ3v) is 4.71. The van der Waals surface area contributed by atoms with Crippen LogP contribution in [-0.2, 0) is 0 Å². The second kappa shape index (κ2) is 5.79. The van der Waals surface area contributed by atoms with Crippen molar-refractivity contribution in [3.05, 3.63) is 33.8 Å². The molecule has 1 fully saturated rings. The lowest BCUT2D eigenvalue weighted by atomic mass is 10.0. The zero-order valence-corrected chi connectivity index (χ0v) is 12.4. The fourth-order valence-corrected chi connectivity index (χ4v) is 2.89. The highest BCUT2D eigenvalue weighted by Crippen LogP contribution is 2.31. The zero-order chi connectivity index (χ0) is 13.3. The Balaban J connectivity index is 2.07. The highest BCUT2D eigenvalue weighted by atomic mass is 35.5. The van der Waals surface area contributed by atoms with E-state index in [0.29, 0.717) is 22.0 Å². The number of hydrogen-bond donors (Lipinski definition) is 1. The van der Waals surface area contributed by atoms with Gasteiger partial charge in [0.05, 0.1) is 10.0 Å². The van der Waals surface area contributed by atoms with Crippen LogP contribution in [0.4, 0.5) is 0 Å². The van der Waals surface area contributed by atoms with Crippen molar-refractivity contribution in [2.75, 3.05) is 13.1 Å². The van der Waals surface area contributed by atoms with Crippen LogP contribution in [0.5, 0.6) is 0 Å². The average Bonchev–Trinajstić information content (AvgIpc) is 2.81. The van der Waals surface area contributed by atoms with Crippen LogP contribution >= 0.6 is 23.2 Å². The van der Waals surface area contributed by atoms with Crippen LogP contribution in [0.2, 0.25) is 10.0 Å². The Labute approximate surface area is 119 Å². The van der Waals surface area contributed by atoms with Crippen LogP contribution in [0, 0.1) is 5.92 Å². The predicted octanol–water partition coefficient (Wildman–Crippen LogP) is 3.72. The first kappa shape index (κ1) is 14.1. The van der Waals surface area contributed by atoms with Crippen molar-refractivity contribution in [3.8, 4) is 0 Å². The number of likely N-dealkylation sites (tertiary alicyclic amines) is 1. The highest BCUT2D eigenvalue weighted by molar-refractivity contribution is 6.42. The van der Waals surface area contributed by atoms with Crippen molar-refractivity contribution < 1.29 is 0 Å². The molecule has 0 amide bonds. The van der Waals surface area contributed by atoms with Crippen LogP contribution in [0.25, 0.3) is 0 Å². The molecule has 1 heterocycles. The molecular formula is C14H20Cl2N2. The molecular weight excluding hydrogens is 267 g/mol. The standard InChI is InChI=1S/C14H20Cl2N2/c1-9(17)12-5-6-18(8-12)10(2)11-3-4-13(15)14(16)7-11/h3-4,7,9-10,12H,5-6,8,17H2,1-2H3. The summed E-state index contributed by atoms with van der Waals surface area (Å²) in [6.07, 6.45) is 1.18. The molecule has 4 heteroatoms. The summed E-state index contributed by atoms with van der Waals surface area (Å²) in [4.78, 5) is 2.47. The van der Waals surface area contributed by atoms with E-state index in [-0.39, 0.29) is 6.04 Å². The molecule has 3 atom stereocenters. The minimum atomic E-state index is 0.274. The topological polar surface area (TPSA) is 29.3 Å². The maximum atomic E-state index is 6.07. The van der Waals surface area contributed by atoms with Crippen molar-refractivity contribution in [2.45, 2.75) is 32.4 Å². The van der Waals surface area contributed by atoms with E-state index < -0.39 is 0 Å². The Morgan fingerprint density at radius 2 is 2.00 bits per heavy atom. The second-order valence-electron chi connectivity index (χ2n) is 5.25. The smallest absolute Gasteiger partial charge is 0.0595 e. The molecule has 2 rings (SSSR count). The molecule has 100 valence electrons. The van der Waals surface area contributed by atoms with Gasteiger partial charge in [-0.3, -0.25) is 4.90 Å². The first-order valence-corrected chi connectivity index (χ1v) is 7.19. The molecule has 1 aliphatic heterocycles. The summed E-state index contributed by atoms with van der Waals surface area (Å²) in [6.45, 7) is 6.48. The summed E-state index contributed by atoms with van der Waals surface area (Å²) < 4.78 is 0. The maximum Gasteiger partial charge on any atom is 0.0595 e. The largest absolute Gasteiger partial charge is 0.328 e. The molecule has 0 aromatic heterocycles. The Hall–Kier alpha value is -0.280. The molecule has 2 nitrogen and oxygen atoms in total. The van der Waals surface area contributed by atoms with Crippen molar-refractivity contribution in [1.82, 2.24) is 4.90 Å². The summed E-state index contributed by atoms with van der Waals surface area (Å²) in [5, 5.41) is 1.24. The highest BCUT2D eigenvalue weighted by Gasteiger charge is 2.28. The third-order valence-electron chi connectivity index (χ3n) is 3.97. The molecule has 3 unspecified atom stereocenters. The van der Waals surface area contributed by atoms with Crippen LogP contribution in [0.15, 0.2) is 18.2 Å². The number of rotatable bonds is 3. The summed E-state index contributed by atoms with van der Waals surface area (Å²) in [6, 6.07) is 6.53. The van der Waals surface area contributed by atoms with E-state index in [0.717, 1.165) is 13.1 Å². The van der Waals surface area contributed by atoms with E-state index in [4.69, 9.17) is 28.9 Å². The lowest BCUT2D eigenvalue weighted by molar-refractivity contribution is 0.248. The maximum absolute atomic E-state index is 6.07. The number of hydrogen-bond acceptors (Lipinski definition) is 2. The Morgan fingerprint density at radius 1 is 1.28 bits per heavy atom. The molecule has 0 radical (unpaired) electrons. The van der Waals surface area contributed by atoms with Gasteiger partial charge >= 0.3 is 0 Å². The second-order valence-corrected chi connectivity index (χ2v) is 6.07. The molecule has 2 N–H and O–H groups in total. The monoisotopic (exact) mass is 286 g/mol. The van der Waals surface area contributed by atoms with Crippen LogP contribution in [0.3, 0.4) is 0 Å². The SMILES string of the molecule is CC(N)C1CCN(C(C)c2ccc(Cl)c(Cl)c2)C1. The van der Waals surface area contributed by atoms with Gasteiger partial charge in [0.15, 0.2) is 0 Å². The number of nitrogens with two attached hydrogens (primary N) is 1. The van der Waals surface area contributed by atoms with Gasteiger partial charge in [0, 0.05) is 18.6 Å². The van der Waals surface area contributed by atoms with Gasteiger partial charge in [-0.1, -0.05) is 29.3 Å². The predicted molar refractivity (Wildman–Crippen MR) is 78.2 cm³/mol. The molecule has 0 aliphatic carbocycles. The minimum Gasteiger partial charge on any atom is -0.328 e. The lowest BCUT2D eigenvalue weighted by Crippen LogP contribution is -2.30. The molecule has 1 aliphatic rings. The van der Waals surface area contributed by atoms with Gasteiger partial charge in [0.2, 0.25) is 0 Å². The van der Waals surface area contributed by atoms with Crippen LogP contribution in [0.1, 0.15) is 31.9 Å². The van der Waals surface area contributed by atoms with E-state index in [9.17, 15) is 0 Å². The molecule has 0 spiro atoms. The average molecular weight is 287 g/mol. The number of benzene rings is 1. The van der Waals surface area contributed by atoms with E-state index in [2.05, 4.69) is 24.8 Å². The summed E-state index contributed by atoms with van der Waals surface area (Å²) >= 11 is 12.0. The molecule has 0 bridgehead atoms. The zero-order valence-electron chi connectivity index (χ0n) is 10.9. The van der Waals surface area contributed by atoms with Crippen molar-refractivity contribution in [1.29, 1.82) is 0 Å². The van der Waals surface area contributed by atoms with Crippen molar-refractivity contribution >= 4 is 23.2 Å². The van der Waals surface area contributed by atoms with Crippen molar-refractivity contribution in [3.63, 3.8) is 0 Å². The van der Waals surface area contributed by atoms with Crippen molar-refractivity contribution in [2.24, 2.45) is 11.7 Å². The summed E-state index contributed by atoms with van der Waals surface area (Å²) in [7, 11) is 0. The fourth-order valence-electron chi connectivity index (χ4n) is 2.58. The van der Waals surface area contributed by atoms with Gasteiger partial charge in [0.1, 0.15) is 0 Å². The number of nitrogens with zero attached hydrogens (tertiary/aromatic N) is 1. The lowest BCUT2D eigenvalue weighted by Gasteiger charge is -2.25. The fraction of sp³-hybridized carbons (Fsp3) is 0.571. The van der Waals surface area contributed by atoms with Gasteiger partial charge in [-0.15, -0.1) is 0 Å². The first-order valence-electron chi connectivity index (χ1n) is 6.43. The molecule has 18 heavy (non-hydrogen) atoms. The minimum absolute atomic E-state index is 0.274. The van der Waals surface area contributed by atoms with E-state index >= 15 is 0 Å². The van der Waals surface area contributed by atoms with E-state index in [1.165, 1.54) is 12.0 Å². The van der Waals surface area contributed by atoms with Crippen LogP contribution in [-0.4, -0.2) is 24.0 Å². The third kappa shape index (κ3) is 3.00. The van der Waals surface area contributed by atoms with E-state index in [1.54, 1.807) is 0 Å². The summed E-state index contributed by atoms with van der Waals surface area (Å²) in [5.41, 5.74) is 7.19. The summed E-state index contributed by atoms with van der Waals surface area (Å²) in [5.74, 6) is 0.607. The van der Waals surface area contributed by atoms with Gasteiger partial charge in [-0.05, 0) is 50.4 Å². The first-order chi connectivity index (χ1) is 8.49. The Bertz CT molecular complexity index is 420. The van der Waals surface area contributed by atoms with Gasteiger partial charge in [-0.25, -0.2) is 0 Å². The Morgan fingerprint density at radius 3 is 2.56 bits per heavy atom. The quantitative estimate of drug-likeness (QED) is 0.918. The molecule has 1 aromatic carbocycles. The number of halogens is 2. The molecule has 1 saturated heterocycles. The van der Waals surface area contributed by atoms with E-state index in [1.807, 2.05) is 12.1 Å². The van der Waals surface area contributed by atoms with Gasteiger partial charge in [0.25, 0.3) is 0 Å². The Kier molecular flexibility index (Phi) is 4.54. The van der Waals surface area contributed by atoms with Crippen LogP contribution < -0.4 is 5.73 Å².